The summed E-state index contributed by atoms with van der Waals surface area (Å²) < 4.78 is 0.749. The maximum atomic E-state index is 11.8. The predicted molar refractivity (Wildman–Crippen MR) is 72.0 cm³/mol. The number of aromatic nitrogens is 2. The third kappa shape index (κ3) is 2.70. The van der Waals surface area contributed by atoms with Crippen LogP contribution in [0, 0.1) is 0 Å². The van der Waals surface area contributed by atoms with E-state index in [0.717, 1.165) is 24.0 Å². The summed E-state index contributed by atoms with van der Waals surface area (Å²) in [6.07, 6.45) is 2.53. The number of amides is 1. The van der Waals surface area contributed by atoms with Crippen molar-refractivity contribution in [3.05, 3.63) is 10.7 Å². The Kier molecular flexibility index (Phi) is 3.97. The van der Waals surface area contributed by atoms with Gasteiger partial charge in [0.25, 0.3) is 0 Å². The number of hydrazine groups is 1. The van der Waals surface area contributed by atoms with Gasteiger partial charge in [-0.15, -0.1) is 0 Å². The Hall–Kier alpha value is -1.41. The molecule has 2 heterocycles. The molecule has 0 unspecified atom stereocenters. The van der Waals surface area contributed by atoms with Gasteiger partial charge >= 0.3 is 0 Å². The van der Waals surface area contributed by atoms with Gasteiger partial charge in [-0.3, -0.25) is 10.2 Å². The molecular weight excluding hydrogens is 300 g/mol. The van der Waals surface area contributed by atoms with E-state index >= 15 is 0 Å². The van der Waals surface area contributed by atoms with Gasteiger partial charge in [0.1, 0.15) is 5.82 Å². The Balaban J connectivity index is 2.27. The van der Waals surface area contributed by atoms with E-state index in [-0.39, 0.29) is 5.91 Å². The van der Waals surface area contributed by atoms with E-state index in [1.54, 1.807) is 11.1 Å². The highest BCUT2D eigenvalue weighted by Gasteiger charge is 2.22. The largest absolute Gasteiger partial charge is 0.346 e. The monoisotopic (exact) mass is 314 g/mol. The van der Waals surface area contributed by atoms with Crippen LogP contribution in [-0.2, 0) is 4.79 Å². The molecule has 98 valence electrons. The molecule has 0 radical (unpaired) electrons. The van der Waals surface area contributed by atoms with Crippen molar-refractivity contribution in [3.8, 4) is 0 Å². The van der Waals surface area contributed by atoms with Gasteiger partial charge in [0, 0.05) is 26.3 Å². The van der Waals surface area contributed by atoms with E-state index in [0.29, 0.717) is 18.3 Å². The molecule has 0 aliphatic carbocycles. The molecule has 18 heavy (non-hydrogen) atoms. The second-order valence-electron chi connectivity index (χ2n) is 4.10. The van der Waals surface area contributed by atoms with Crippen molar-refractivity contribution in [2.24, 2.45) is 5.84 Å². The Morgan fingerprint density at radius 2 is 2.28 bits per heavy atom. The summed E-state index contributed by atoms with van der Waals surface area (Å²) >= 11 is 3.40. The van der Waals surface area contributed by atoms with Crippen LogP contribution in [0.15, 0.2) is 10.7 Å². The van der Waals surface area contributed by atoms with Crippen LogP contribution in [-0.4, -0.2) is 47.5 Å². The molecule has 1 aromatic rings. The van der Waals surface area contributed by atoms with Crippen molar-refractivity contribution in [3.63, 3.8) is 0 Å². The Bertz CT molecular complexity index is 454. The van der Waals surface area contributed by atoms with Gasteiger partial charge in [-0.2, -0.15) is 4.98 Å². The second-order valence-corrected chi connectivity index (χ2v) is 4.95. The fourth-order valence-electron chi connectivity index (χ4n) is 1.82. The van der Waals surface area contributed by atoms with Crippen molar-refractivity contribution >= 4 is 33.6 Å². The number of carbonyl (C=O) groups is 1. The zero-order valence-electron chi connectivity index (χ0n) is 10.1. The van der Waals surface area contributed by atoms with Crippen LogP contribution in [0.3, 0.4) is 0 Å². The SMILES string of the molecule is CN1CCCN(c2nc(NN)ncc2Br)CC1=O. The minimum absolute atomic E-state index is 0.0836. The molecule has 3 N–H and O–H groups in total. The van der Waals surface area contributed by atoms with E-state index in [1.165, 1.54) is 0 Å². The molecule has 1 saturated heterocycles. The van der Waals surface area contributed by atoms with Gasteiger partial charge in [-0.25, -0.2) is 10.8 Å². The first kappa shape index (κ1) is 13.0. The predicted octanol–water partition coefficient (Wildman–Crippen LogP) is 0.193. The molecule has 1 fully saturated rings. The second kappa shape index (κ2) is 5.49. The molecule has 2 rings (SSSR count). The number of nitrogens with one attached hydrogen (secondary N) is 1. The molecule has 0 bridgehead atoms. The minimum Gasteiger partial charge on any atom is -0.346 e. The molecule has 0 spiro atoms. The van der Waals surface area contributed by atoms with Crippen molar-refractivity contribution in [2.45, 2.75) is 6.42 Å². The van der Waals surface area contributed by atoms with Crippen molar-refractivity contribution in [1.29, 1.82) is 0 Å². The number of carbonyl (C=O) groups excluding carboxylic acids is 1. The third-order valence-electron chi connectivity index (χ3n) is 2.83. The minimum atomic E-state index is 0.0836. The van der Waals surface area contributed by atoms with Crippen LogP contribution in [0.4, 0.5) is 11.8 Å². The van der Waals surface area contributed by atoms with Crippen LogP contribution < -0.4 is 16.2 Å². The average Bonchev–Trinajstić information content (AvgIpc) is 2.53. The van der Waals surface area contributed by atoms with E-state index in [9.17, 15) is 4.79 Å². The van der Waals surface area contributed by atoms with E-state index in [2.05, 4.69) is 31.3 Å². The van der Waals surface area contributed by atoms with Crippen molar-refractivity contribution in [2.75, 3.05) is 37.0 Å². The van der Waals surface area contributed by atoms with E-state index in [4.69, 9.17) is 5.84 Å². The lowest BCUT2D eigenvalue weighted by atomic mass is 10.4. The Labute approximate surface area is 113 Å². The maximum absolute atomic E-state index is 11.8. The highest BCUT2D eigenvalue weighted by molar-refractivity contribution is 9.10. The number of nitrogens with two attached hydrogens (primary N) is 1. The van der Waals surface area contributed by atoms with Crippen molar-refractivity contribution < 1.29 is 4.79 Å². The van der Waals surface area contributed by atoms with Crippen LogP contribution in [0.5, 0.6) is 0 Å². The van der Waals surface area contributed by atoms with Gasteiger partial charge in [-0.05, 0) is 22.4 Å². The first-order valence-electron chi connectivity index (χ1n) is 5.60. The first-order valence-corrected chi connectivity index (χ1v) is 6.39. The molecule has 1 aliphatic heterocycles. The fraction of sp³-hybridized carbons (Fsp3) is 0.500. The Morgan fingerprint density at radius 1 is 1.50 bits per heavy atom. The van der Waals surface area contributed by atoms with Gasteiger partial charge in [-0.1, -0.05) is 0 Å². The van der Waals surface area contributed by atoms with Crippen LogP contribution >= 0.6 is 15.9 Å². The van der Waals surface area contributed by atoms with Gasteiger partial charge in [0.05, 0.1) is 11.0 Å². The van der Waals surface area contributed by atoms with Crippen LogP contribution in [0.25, 0.3) is 0 Å². The van der Waals surface area contributed by atoms with Crippen LogP contribution in [0.1, 0.15) is 6.42 Å². The molecular formula is C10H15BrN6O. The number of likely N-dealkylation sites (N-methyl/N-ethyl adjacent to an activating group) is 1. The highest BCUT2D eigenvalue weighted by Crippen LogP contribution is 2.25. The lowest BCUT2D eigenvalue weighted by Gasteiger charge is -2.22. The number of anilines is 2. The number of halogens is 1. The fourth-order valence-corrected chi connectivity index (χ4v) is 2.26. The molecule has 0 aromatic carbocycles. The summed E-state index contributed by atoms with van der Waals surface area (Å²) in [4.78, 5) is 23.8. The number of rotatable bonds is 2. The number of nitrogens with zero attached hydrogens (tertiary/aromatic N) is 4. The molecule has 8 heteroatoms. The zero-order valence-corrected chi connectivity index (χ0v) is 11.6. The molecule has 0 saturated carbocycles. The summed E-state index contributed by atoms with van der Waals surface area (Å²) in [6, 6.07) is 0. The summed E-state index contributed by atoms with van der Waals surface area (Å²) in [6.45, 7) is 1.85. The summed E-state index contributed by atoms with van der Waals surface area (Å²) in [5.41, 5.74) is 2.40. The lowest BCUT2D eigenvalue weighted by molar-refractivity contribution is -0.127. The number of nitrogen functional groups attached to an aromatic ring is 1. The Morgan fingerprint density at radius 3 is 3.00 bits per heavy atom. The zero-order chi connectivity index (χ0) is 13.1. The number of hydrogen-bond donors (Lipinski definition) is 2. The summed E-state index contributed by atoms with van der Waals surface area (Å²) in [7, 11) is 1.81. The molecule has 1 aliphatic rings. The maximum Gasteiger partial charge on any atom is 0.241 e. The van der Waals surface area contributed by atoms with Crippen molar-refractivity contribution in [1.82, 2.24) is 14.9 Å². The van der Waals surface area contributed by atoms with Gasteiger partial charge < -0.3 is 9.80 Å². The van der Waals surface area contributed by atoms with E-state index < -0.39 is 0 Å². The summed E-state index contributed by atoms with van der Waals surface area (Å²) in [5, 5.41) is 0. The smallest absolute Gasteiger partial charge is 0.241 e. The standard InChI is InChI=1S/C10H15BrN6O/c1-16-3-2-4-17(6-8(16)18)9-7(11)5-13-10(14-9)15-12/h5H,2-4,6,12H2,1H3,(H,13,14,15). The summed E-state index contributed by atoms with van der Waals surface area (Å²) in [5.74, 6) is 6.39. The topological polar surface area (TPSA) is 87.4 Å². The molecule has 7 nitrogen and oxygen atoms in total. The van der Waals surface area contributed by atoms with E-state index in [1.807, 2.05) is 11.9 Å². The molecule has 0 atom stereocenters. The lowest BCUT2D eigenvalue weighted by Crippen LogP contribution is -2.35. The normalized spacial score (nSPS) is 16.7. The molecule has 1 aromatic heterocycles. The van der Waals surface area contributed by atoms with Crippen LogP contribution in [0.2, 0.25) is 0 Å². The third-order valence-corrected chi connectivity index (χ3v) is 3.39. The highest BCUT2D eigenvalue weighted by atomic mass is 79.9. The quantitative estimate of drug-likeness (QED) is 0.598. The molecule has 1 amide bonds. The number of hydrogen-bond acceptors (Lipinski definition) is 6. The van der Waals surface area contributed by atoms with Gasteiger partial charge in [0.15, 0.2) is 0 Å². The van der Waals surface area contributed by atoms with Gasteiger partial charge in [0.2, 0.25) is 11.9 Å². The average molecular weight is 315 g/mol. The first-order chi connectivity index (χ1) is 8.61.